The van der Waals surface area contributed by atoms with E-state index in [0.29, 0.717) is 5.56 Å². The van der Waals surface area contributed by atoms with Gasteiger partial charge in [-0.25, -0.2) is 9.37 Å². The Morgan fingerprint density at radius 2 is 2.11 bits per heavy atom. The first kappa shape index (κ1) is 12.7. The van der Waals surface area contributed by atoms with E-state index in [1.54, 1.807) is 19.1 Å². The van der Waals surface area contributed by atoms with Gasteiger partial charge in [-0.1, -0.05) is 6.07 Å². The van der Waals surface area contributed by atoms with E-state index in [1.807, 2.05) is 6.07 Å². The van der Waals surface area contributed by atoms with Gasteiger partial charge in [-0.15, -0.1) is 0 Å². The summed E-state index contributed by atoms with van der Waals surface area (Å²) >= 11 is 0. The van der Waals surface area contributed by atoms with Crippen molar-refractivity contribution >= 4 is 0 Å². The molecule has 19 heavy (non-hydrogen) atoms. The van der Waals surface area contributed by atoms with Crippen LogP contribution in [-0.4, -0.2) is 9.55 Å². The second-order valence-corrected chi connectivity index (χ2v) is 4.03. The van der Waals surface area contributed by atoms with Crippen LogP contribution in [0.4, 0.5) is 4.39 Å². The van der Waals surface area contributed by atoms with Gasteiger partial charge in [0.1, 0.15) is 24.3 Å². The minimum absolute atomic E-state index is 0.00921. The average Bonchev–Trinajstić information content (AvgIpc) is 2.80. The van der Waals surface area contributed by atoms with Crippen molar-refractivity contribution in [2.24, 2.45) is 5.73 Å². The molecule has 2 aromatic rings. The van der Waals surface area contributed by atoms with Crippen LogP contribution in [0.5, 0.6) is 0 Å². The molecular formula is C13H10FN5. The molecule has 0 saturated heterocycles. The molecule has 5 nitrogen and oxygen atoms in total. The highest BCUT2D eigenvalue weighted by atomic mass is 19.1. The summed E-state index contributed by atoms with van der Waals surface area (Å²) in [5.74, 6) is -0.520. The monoisotopic (exact) mass is 255 g/mol. The standard InChI is InChI=1S/C13H10FN5/c1-8(17)9-2-3-12(10(14)4-9)19-7-18-11(5-15)13(19)6-16/h2-4,7-8H,17H2,1H3. The van der Waals surface area contributed by atoms with Crippen molar-refractivity contribution < 1.29 is 4.39 Å². The highest BCUT2D eigenvalue weighted by molar-refractivity contribution is 5.46. The first-order valence-corrected chi connectivity index (χ1v) is 5.51. The molecule has 1 atom stereocenters. The molecule has 0 amide bonds. The molecule has 0 aliphatic heterocycles. The molecule has 0 radical (unpaired) electrons. The highest BCUT2D eigenvalue weighted by Crippen LogP contribution is 2.20. The fraction of sp³-hybridized carbons (Fsp3) is 0.154. The predicted molar refractivity (Wildman–Crippen MR) is 65.6 cm³/mol. The van der Waals surface area contributed by atoms with Crippen LogP contribution in [0.15, 0.2) is 24.5 Å². The van der Waals surface area contributed by atoms with Crippen molar-refractivity contribution in [2.45, 2.75) is 13.0 Å². The lowest BCUT2D eigenvalue weighted by molar-refractivity contribution is 0.612. The summed E-state index contributed by atoms with van der Waals surface area (Å²) in [5, 5.41) is 17.8. The number of rotatable bonds is 2. The van der Waals surface area contributed by atoms with Gasteiger partial charge < -0.3 is 5.73 Å². The molecule has 2 rings (SSSR count). The molecule has 1 unspecified atom stereocenters. The van der Waals surface area contributed by atoms with Gasteiger partial charge in [0, 0.05) is 6.04 Å². The van der Waals surface area contributed by atoms with Crippen molar-refractivity contribution in [3.8, 4) is 17.8 Å². The molecule has 0 aliphatic rings. The Balaban J connectivity index is 2.58. The van der Waals surface area contributed by atoms with Gasteiger partial charge >= 0.3 is 0 Å². The third kappa shape index (κ3) is 2.17. The van der Waals surface area contributed by atoms with Crippen LogP contribution in [0.3, 0.4) is 0 Å². The van der Waals surface area contributed by atoms with E-state index in [-0.39, 0.29) is 23.1 Å². The van der Waals surface area contributed by atoms with Gasteiger partial charge in [-0.05, 0) is 24.6 Å². The van der Waals surface area contributed by atoms with Crippen LogP contribution in [0.2, 0.25) is 0 Å². The first-order chi connectivity index (χ1) is 9.08. The van der Waals surface area contributed by atoms with Gasteiger partial charge in [-0.2, -0.15) is 10.5 Å². The normalized spacial score (nSPS) is 11.6. The zero-order valence-corrected chi connectivity index (χ0v) is 10.1. The van der Waals surface area contributed by atoms with Gasteiger partial charge in [0.2, 0.25) is 0 Å². The summed E-state index contributed by atoms with van der Waals surface area (Å²) in [6.45, 7) is 1.75. The maximum absolute atomic E-state index is 14.0. The lowest BCUT2D eigenvalue weighted by atomic mass is 10.1. The van der Waals surface area contributed by atoms with Gasteiger partial charge in [0.15, 0.2) is 11.4 Å². The molecule has 6 heteroatoms. The number of nitriles is 2. The number of imidazole rings is 1. The van der Waals surface area contributed by atoms with Crippen LogP contribution in [0, 0.1) is 28.5 Å². The lowest BCUT2D eigenvalue weighted by Crippen LogP contribution is -2.07. The SMILES string of the molecule is CC(N)c1ccc(-n2cnc(C#N)c2C#N)c(F)c1. The summed E-state index contributed by atoms with van der Waals surface area (Å²) < 4.78 is 15.3. The second-order valence-electron chi connectivity index (χ2n) is 4.03. The number of benzene rings is 1. The number of nitrogens with two attached hydrogens (primary N) is 1. The van der Waals surface area contributed by atoms with E-state index < -0.39 is 5.82 Å². The molecule has 0 fully saturated rings. The molecule has 0 saturated carbocycles. The minimum atomic E-state index is -0.520. The number of hydrogen-bond acceptors (Lipinski definition) is 4. The molecule has 0 aliphatic carbocycles. The molecule has 1 heterocycles. The van der Waals surface area contributed by atoms with Crippen LogP contribution in [0.1, 0.15) is 29.9 Å². The Kier molecular flexibility index (Phi) is 3.28. The van der Waals surface area contributed by atoms with Gasteiger partial charge in [0.25, 0.3) is 0 Å². The topological polar surface area (TPSA) is 91.4 Å². The third-order valence-corrected chi connectivity index (χ3v) is 2.74. The smallest absolute Gasteiger partial charge is 0.177 e. The Morgan fingerprint density at radius 3 is 2.63 bits per heavy atom. The summed E-state index contributed by atoms with van der Waals surface area (Å²) in [7, 11) is 0. The summed E-state index contributed by atoms with van der Waals surface area (Å²) in [6.07, 6.45) is 1.25. The number of hydrogen-bond donors (Lipinski definition) is 1. The van der Waals surface area contributed by atoms with E-state index in [2.05, 4.69) is 4.98 Å². The fourth-order valence-electron chi connectivity index (χ4n) is 1.72. The Hall–Kier alpha value is -2.70. The molecule has 94 valence electrons. The Labute approximate surface area is 109 Å². The minimum Gasteiger partial charge on any atom is -0.324 e. The van der Waals surface area contributed by atoms with Crippen LogP contribution < -0.4 is 5.73 Å². The molecule has 2 N–H and O–H groups in total. The predicted octanol–water partition coefficient (Wildman–Crippen LogP) is 1.77. The Bertz CT molecular complexity index is 703. The number of halogens is 1. The number of aromatic nitrogens is 2. The second kappa shape index (κ2) is 4.89. The third-order valence-electron chi connectivity index (χ3n) is 2.74. The van der Waals surface area contributed by atoms with Gasteiger partial charge in [-0.3, -0.25) is 4.57 Å². The van der Waals surface area contributed by atoms with Gasteiger partial charge in [0.05, 0.1) is 5.69 Å². The molecule has 1 aromatic heterocycles. The zero-order chi connectivity index (χ0) is 14.0. The molecule has 0 spiro atoms. The first-order valence-electron chi connectivity index (χ1n) is 5.51. The summed E-state index contributed by atoms with van der Waals surface area (Å²) in [4.78, 5) is 3.77. The fourth-order valence-corrected chi connectivity index (χ4v) is 1.72. The van der Waals surface area contributed by atoms with Crippen molar-refractivity contribution in [1.29, 1.82) is 10.5 Å². The zero-order valence-electron chi connectivity index (χ0n) is 10.1. The quantitative estimate of drug-likeness (QED) is 0.885. The highest BCUT2D eigenvalue weighted by Gasteiger charge is 2.15. The molecule has 0 bridgehead atoms. The van der Waals surface area contributed by atoms with E-state index >= 15 is 0 Å². The molecular weight excluding hydrogens is 245 g/mol. The summed E-state index contributed by atoms with van der Waals surface area (Å²) in [5.41, 5.74) is 6.47. The lowest BCUT2D eigenvalue weighted by Gasteiger charge is -2.09. The van der Waals surface area contributed by atoms with E-state index in [9.17, 15) is 4.39 Å². The van der Waals surface area contributed by atoms with E-state index in [1.165, 1.54) is 23.0 Å². The summed E-state index contributed by atoms with van der Waals surface area (Å²) in [6, 6.07) is 7.85. The maximum atomic E-state index is 14.0. The van der Waals surface area contributed by atoms with Crippen LogP contribution in [0.25, 0.3) is 5.69 Å². The maximum Gasteiger partial charge on any atom is 0.177 e. The van der Waals surface area contributed by atoms with Crippen molar-refractivity contribution in [2.75, 3.05) is 0 Å². The van der Waals surface area contributed by atoms with Crippen LogP contribution in [-0.2, 0) is 0 Å². The van der Waals surface area contributed by atoms with Crippen molar-refractivity contribution in [1.82, 2.24) is 9.55 Å². The van der Waals surface area contributed by atoms with E-state index in [0.717, 1.165) is 0 Å². The van der Waals surface area contributed by atoms with Crippen LogP contribution >= 0.6 is 0 Å². The Morgan fingerprint density at radius 1 is 1.37 bits per heavy atom. The largest absolute Gasteiger partial charge is 0.324 e. The van der Waals surface area contributed by atoms with Crippen molar-refractivity contribution in [3.63, 3.8) is 0 Å². The average molecular weight is 255 g/mol. The number of nitrogens with zero attached hydrogens (tertiary/aromatic N) is 4. The molecule has 1 aromatic carbocycles. The van der Waals surface area contributed by atoms with E-state index in [4.69, 9.17) is 16.3 Å². The van der Waals surface area contributed by atoms with Crippen molar-refractivity contribution in [3.05, 3.63) is 47.3 Å².